The van der Waals surface area contributed by atoms with Gasteiger partial charge in [-0.15, -0.1) is 0 Å². The molecule has 0 saturated heterocycles. The van der Waals surface area contributed by atoms with Crippen molar-refractivity contribution >= 4 is 22.5 Å². The smallest absolute Gasteiger partial charge is 0.255 e. The Balaban J connectivity index is 1.96. The third-order valence-corrected chi connectivity index (χ3v) is 4.41. The Morgan fingerprint density at radius 1 is 1.28 bits per heavy atom. The second-order valence-corrected chi connectivity index (χ2v) is 6.39. The summed E-state index contributed by atoms with van der Waals surface area (Å²) in [6.07, 6.45) is 1.68. The number of aromatic nitrogens is 3. The number of pyridine rings is 1. The first-order valence-corrected chi connectivity index (χ1v) is 9.07. The van der Waals surface area contributed by atoms with Gasteiger partial charge in [-0.25, -0.2) is 8.78 Å². The summed E-state index contributed by atoms with van der Waals surface area (Å²) in [7, 11) is 1.60. The SMILES string of the molecule is CNC(O)CCNC(=O)c1cnc2ccc(-c3cn[nH]c3)cc2c1NCC(F)F. The lowest BCUT2D eigenvalue weighted by Gasteiger charge is -2.16. The lowest BCUT2D eigenvalue weighted by atomic mass is 10.0. The van der Waals surface area contributed by atoms with Crippen LogP contribution in [0.15, 0.2) is 36.8 Å². The summed E-state index contributed by atoms with van der Waals surface area (Å²) in [6, 6.07) is 5.38. The van der Waals surface area contributed by atoms with Crippen LogP contribution < -0.4 is 16.0 Å². The molecule has 2 heterocycles. The highest BCUT2D eigenvalue weighted by Crippen LogP contribution is 2.30. The van der Waals surface area contributed by atoms with Crippen molar-refractivity contribution in [3.63, 3.8) is 0 Å². The average Bonchev–Trinajstić information content (AvgIpc) is 3.26. The molecule has 10 heteroatoms. The van der Waals surface area contributed by atoms with Crippen molar-refractivity contribution in [3.8, 4) is 11.1 Å². The zero-order chi connectivity index (χ0) is 20.8. The zero-order valence-corrected chi connectivity index (χ0v) is 15.7. The van der Waals surface area contributed by atoms with E-state index in [1.807, 2.05) is 6.07 Å². The number of amides is 1. The quantitative estimate of drug-likeness (QED) is 0.348. The van der Waals surface area contributed by atoms with Crippen LogP contribution in [-0.2, 0) is 0 Å². The molecule has 154 valence electrons. The van der Waals surface area contributed by atoms with Crippen molar-refractivity contribution in [2.45, 2.75) is 19.1 Å². The molecule has 0 radical (unpaired) electrons. The fourth-order valence-electron chi connectivity index (χ4n) is 2.88. The number of nitrogens with one attached hydrogen (secondary N) is 4. The lowest BCUT2D eigenvalue weighted by Crippen LogP contribution is -2.32. The average molecular weight is 404 g/mol. The number of nitrogens with zero attached hydrogens (tertiary/aromatic N) is 2. The highest BCUT2D eigenvalue weighted by molar-refractivity contribution is 6.07. The van der Waals surface area contributed by atoms with Crippen LogP contribution >= 0.6 is 0 Å². The maximum atomic E-state index is 12.9. The van der Waals surface area contributed by atoms with Crippen LogP contribution in [0.2, 0.25) is 0 Å². The van der Waals surface area contributed by atoms with Gasteiger partial charge in [-0.3, -0.25) is 20.2 Å². The van der Waals surface area contributed by atoms with Gasteiger partial charge in [0.05, 0.1) is 29.5 Å². The highest BCUT2D eigenvalue weighted by Gasteiger charge is 2.17. The summed E-state index contributed by atoms with van der Waals surface area (Å²) in [6.45, 7) is -0.393. The number of aliphatic hydroxyl groups is 1. The van der Waals surface area contributed by atoms with E-state index in [0.717, 1.165) is 11.1 Å². The second kappa shape index (κ2) is 9.39. The first kappa shape index (κ1) is 20.6. The first-order valence-electron chi connectivity index (χ1n) is 9.07. The Morgan fingerprint density at radius 2 is 2.10 bits per heavy atom. The number of hydrogen-bond acceptors (Lipinski definition) is 6. The topological polar surface area (TPSA) is 115 Å². The maximum Gasteiger partial charge on any atom is 0.255 e. The summed E-state index contributed by atoms with van der Waals surface area (Å²) in [5.74, 6) is -0.465. The van der Waals surface area contributed by atoms with Crippen LogP contribution in [0, 0.1) is 0 Å². The predicted molar refractivity (Wildman–Crippen MR) is 106 cm³/mol. The molecular formula is C19H22F2N6O2. The molecular weight excluding hydrogens is 382 g/mol. The minimum atomic E-state index is -2.59. The third-order valence-electron chi connectivity index (χ3n) is 4.41. The van der Waals surface area contributed by atoms with E-state index in [-0.39, 0.29) is 17.8 Å². The molecule has 8 nitrogen and oxygen atoms in total. The van der Waals surface area contributed by atoms with Gasteiger partial charge in [0.15, 0.2) is 0 Å². The normalized spacial score (nSPS) is 12.3. The van der Waals surface area contributed by atoms with E-state index in [2.05, 4.69) is 31.1 Å². The number of H-pyrrole nitrogens is 1. The number of alkyl halides is 2. The predicted octanol–water partition coefficient (Wildman–Crippen LogP) is 1.96. The van der Waals surface area contributed by atoms with Crippen molar-refractivity contribution in [2.24, 2.45) is 0 Å². The summed E-state index contributed by atoms with van der Waals surface area (Å²) in [5.41, 5.74) is 2.63. The highest BCUT2D eigenvalue weighted by atomic mass is 19.3. The molecule has 0 saturated carbocycles. The van der Waals surface area contributed by atoms with E-state index in [1.54, 1.807) is 31.6 Å². The second-order valence-electron chi connectivity index (χ2n) is 6.39. The van der Waals surface area contributed by atoms with E-state index in [9.17, 15) is 18.7 Å². The van der Waals surface area contributed by atoms with Gasteiger partial charge in [-0.2, -0.15) is 5.10 Å². The number of aromatic amines is 1. The lowest BCUT2D eigenvalue weighted by molar-refractivity contribution is 0.0935. The van der Waals surface area contributed by atoms with E-state index in [4.69, 9.17) is 0 Å². The molecule has 0 bridgehead atoms. The Hall–Kier alpha value is -3.11. The van der Waals surface area contributed by atoms with Crippen LogP contribution in [0.4, 0.5) is 14.5 Å². The van der Waals surface area contributed by atoms with Gasteiger partial charge < -0.3 is 15.7 Å². The fraction of sp³-hybridized carbons (Fsp3) is 0.316. The molecule has 3 aromatic rings. The van der Waals surface area contributed by atoms with E-state index in [0.29, 0.717) is 17.3 Å². The summed E-state index contributed by atoms with van der Waals surface area (Å²) >= 11 is 0. The number of rotatable bonds is 9. The molecule has 0 aliphatic rings. The monoisotopic (exact) mass is 404 g/mol. The van der Waals surface area contributed by atoms with Crippen LogP contribution in [0.25, 0.3) is 22.0 Å². The molecule has 3 rings (SSSR count). The molecule has 0 aliphatic heterocycles. The number of fused-ring (bicyclic) bond motifs is 1. The number of carbonyl (C=O) groups is 1. The maximum absolute atomic E-state index is 12.9. The number of anilines is 1. The zero-order valence-electron chi connectivity index (χ0n) is 15.7. The van der Waals surface area contributed by atoms with Crippen molar-refractivity contribution in [3.05, 3.63) is 42.4 Å². The van der Waals surface area contributed by atoms with Gasteiger partial charge in [-0.1, -0.05) is 6.07 Å². The van der Waals surface area contributed by atoms with E-state index >= 15 is 0 Å². The number of benzene rings is 1. The van der Waals surface area contributed by atoms with Crippen LogP contribution in [0.3, 0.4) is 0 Å². The van der Waals surface area contributed by atoms with Gasteiger partial charge in [0, 0.05) is 36.3 Å². The van der Waals surface area contributed by atoms with Gasteiger partial charge in [0.2, 0.25) is 0 Å². The number of aliphatic hydroxyl groups excluding tert-OH is 1. The van der Waals surface area contributed by atoms with Crippen molar-refractivity contribution in [1.82, 2.24) is 25.8 Å². The Morgan fingerprint density at radius 3 is 2.79 bits per heavy atom. The molecule has 2 aromatic heterocycles. The van der Waals surface area contributed by atoms with Gasteiger partial charge in [0.1, 0.15) is 6.23 Å². The summed E-state index contributed by atoms with van der Waals surface area (Å²) in [5, 5.41) is 24.7. The molecule has 1 unspecified atom stereocenters. The van der Waals surface area contributed by atoms with Gasteiger partial charge >= 0.3 is 0 Å². The number of hydrogen-bond donors (Lipinski definition) is 5. The van der Waals surface area contributed by atoms with E-state index < -0.39 is 25.1 Å². The number of halogens is 2. The molecule has 5 N–H and O–H groups in total. The molecule has 0 spiro atoms. The van der Waals surface area contributed by atoms with Crippen LogP contribution in [-0.4, -0.2) is 59.0 Å². The molecule has 1 atom stereocenters. The summed E-state index contributed by atoms with van der Waals surface area (Å²) in [4.78, 5) is 16.9. The summed E-state index contributed by atoms with van der Waals surface area (Å²) < 4.78 is 25.7. The fourth-order valence-corrected chi connectivity index (χ4v) is 2.88. The van der Waals surface area contributed by atoms with Crippen LogP contribution in [0.5, 0.6) is 0 Å². The first-order chi connectivity index (χ1) is 14.0. The molecule has 0 fully saturated rings. The van der Waals surface area contributed by atoms with Crippen molar-refractivity contribution in [2.75, 3.05) is 25.5 Å². The molecule has 1 aromatic carbocycles. The minimum absolute atomic E-state index is 0.154. The molecule has 1 amide bonds. The third kappa shape index (κ3) is 5.04. The molecule has 29 heavy (non-hydrogen) atoms. The van der Waals surface area contributed by atoms with Crippen molar-refractivity contribution < 1.29 is 18.7 Å². The van der Waals surface area contributed by atoms with Crippen molar-refractivity contribution in [1.29, 1.82) is 0 Å². The number of carbonyl (C=O) groups excluding carboxylic acids is 1. The van der Waals surface area contributed by atoms with E-state index in [1.165, 1.54) is 6.20 Å². The van der Waals surface area contributed by atoms with Gasteiger partial charge in [0.25, 0.3) is 12.3 Å². The largest absolute Gasteiger partial charge is 0.379 e. The molecule has 0 aliphatic carbocycles. The Kier molecular flexibility index (Phi) is 6.68. The standard InChI is InChI=1S/C19H22F2N6O2/c1-22-17(28)4-5-23-19(29)14-9-24-15-3-2-11(12-7-26-27-8-12)6-13(15)18(14)25-10-16(20)21/h2-3,6-9,16-17,22,28H,4-5,10H2,1H3,(H,23,29)(H,24,25)(H,26,27). The minimum Gasteiger partial charge on any atom is -0.379 e. The van der Waals surface area contributed by atoms with Crippen LogP contribution in [0.1, 0.15) is 16.8 Å². The Labute approximate surface area is 165 Å². The Bertz CT molecular complexity index is 965. The van der Waals surface area contributed by atoms with Gasteiger partial charge in [-0.05, 0) is 24.7 Å².